The molecule has 1 aromatic carbocycles. The zero-order valence-electron chi connectivity index (χ0n) is 17.0. The third kappa shape index (κ3) is 6.28. The number of carbonyl (C=O) groups is 2. The second-order valence-corrected chi connectivity index (χ2v) is 11.7. The van der Waals surface area contributed by atoms with Gasteiger partial charge in [0.25, 0.3) is 0 Å². The molecule has 2 amide bonds. The molecule has 0 aliphatic heterocycles. The Morgan fingerprint density at radius 2 is 1.83 bits per heavy atom. The summed E-state index contributed by atoms with van der Waals surface area (Å²) in [6.07, 6.45) is 0. The maximum absolute atomic E-state index is 12.3. The predicted octanol–water partition coefficient (Wildman–Crippen LogP) is 2.17. The fourth-order valence-corrected chi connectivity index (χ4v) is 4.87. The topological polar surface area (TPSA) is 116 Å². The number of carbonyl (C=O) groups excluding carboxylic acids is 2. The van der Waals surface area contributed by atoms with Crippen LogP contribution in [0, 0.1) is 28.6 Å². The average Bonchev–Trinajstić information content (AvgIpc) is 3.14. The molecule has 0 radical (unpaired) electrons. The van der Waals surface area contributed by atoms with Gasteiger partial charge in [0, 0.05) is 11.0 Å². The molecular formula is C20H26BrN3O4S. The van der Waals surface area contributed by atoms with Gasteiger partial charge in [0.2, 0.25) is 11.8 Å². The molecule has 2 atom stereocenters. The van der Waals surface area contributed by atoms with Gasteiger partial charge >= 0.3 is 0 Å². The van der Waals surface area contributed by atoms with E-state index in [9.17, 15) is 18.0 Å². The highest BCUT2D eigenvalue weighted by Crippen LogP contribution is 2.57. The van der Waals surface area contributed by atoms with Crippen molar-refractivity contribution < 1.29 is 18.0 Å². The van der Waals surface area contributed by atoms with E-state index in [1.54, 1.807) is 38.1 Å². The summed E-state index contributed by atoms with van der Waals surface area (Å²) in [4.78, 5) is 24.6. The standard InChI is InChI=1S/C20H26BrN3O4S/c1-19(2,12-23-18(26)17-15(9-22)20(17,3)4)24-16(25)11-29(27,28)10-13-5-7-14(21)8-6-13/h5-8,15,17H,10-12H2,1-4H3,(H,23,26)(H,24,25)/t15-,17-/m0/s1. The van der Waals surface area contributed by atoms with Crippen LogP contribution in [-0.4, -0.2) is 38.1 Å². The van der Waals surface area contributed by atoms with Crippen molar-refractivity contribution in [3.63, 3.8) is 0 Å². The van der Waals surface area contributed by atoms with Gasteiger partial charge in [-0.15, -0.1) is 0 Å². The van der Waals surface area contributed by atoms with Crippen LogP contribution in [0.25, 0.3) is 0 Å². The van der Waals surface area contributed by atoms with Crippen LogP contribution in [-0.2, 0) is 25.2 Å². The molecule has 7 nitrogen and oxygen atoms in total. The molecule has 9 heteroatoms. The monoisotopic (exact) mass is 483 g/mol. The molecule has 1 aliphatic rings. The average molecular weight is 484 g/mol. The Morgan fingerprint density at radius 1 is 1.24 bits per heavy atom. The number of rotatable bonds is 8. The van der Waals surface area contributed by atoms with E-state index >= 15 is 0 Å². The fourth-order valence-electron chi connectivity index (χ4n) is 3.33. The smallest absolute Gasteiger partial charge is 0.235 e. The summed E-state index contributed by atoms with van der Waals surface area (Å²) in [5.41, 5.74) is -0.583. The number of nitrogens with zero attached hydrogens (tertiary/aromatic N) is 1. The lowest BCUT2D eigenvalue weighted by molar-refractivity contribution is -0.124. The van der Waals surface area contributed by atoms with Crippen molar-refractivity contribution in [3.8, 4) is 6.07 Å². The number of halogens is 1. The van der Waals surface area contributed by atoms with Gasteiger partial charge in [0.1, 0.15) is 5.75 Å². The molecule has 1 saturated carbocycles. The van der Waals surface area contributed by atoms with Crippen molar-refractivity contribution in [2.45, 2.75) is 39.0 Å². The first kappa shape index (κ1) is 23.4. The number of hydrogen-bond acceptors (Lipinski definition) is 5. The first-order valence-corrected chi connectivity index (χ1v) is 11.8. The number of nitriles is 1. The van der Waals surface area contributed by atoms with Crippen LogP contribution in [0.15, 0.2) is 28.7 Å². The minimum Gasteiger partial charge on any atom is -0.353 e. The van der Waals surface area contributed by atoms with E-state index in [4.69, 9.17) is 5.26 Å². The molecular weight excluding hydrogens is 458 g/mol. The molecule has 0 unspecified atom stereocenters. The summed E-state index contributed by atoms with van der Waals surface area (Å²) in [5.74, 6) is -2.40. The van der Waals surface area contributed by atoms with Gasteiger partial charge in [-0.25, -0.2) is 8.42 Å². The lowest BCUT2D eigenvalue weighted by Gasteiger charge is -2.26. The van der Waals surface area contributed by atoms with Crippen LogP contribution < -0.4 is 10.6 Å². The molecule has 2 rings (SSSR count). The maximum atomic E-state index is 12.3. The van der Waals surface area contributed by atoms with Crippen molar-refractivity contribution in [2.75, 3.05) is 12.3 Å². The van der Waals surface area contributed by atoms with Gasteiger partial charge in [0.15, 0.2) is 9.84 Å². The summed E-state index contributed by atoms with van der Waals surface area (Å²) in [7, 11) is -3.63. The Morgan fingerprint density at radius 3 is 2.34 bits per heavy atom. The van der Waals surface area contributed by atoms with E-state index < -0.39 is 27.0 Å². The summed E-state index contributed by atoms with van der Waals surface area (Å²) >= 11 is 3.29. The van der Waals surface area contributed by atoms with Crippen LogP contribution >= 0.6 is 15.9 Å². The van der Waals surface area contributed by atoms with Crippen LogP contribution in [0.4, 0.5) is 0 Å². The Labute approximate surface area is 180 Å². The van der Waals surface area contributed by atoms with Crippen molar-refractivity contribution in [1.29, 1.82) is 5.26 Å². The molecule has 0 bridgehead atoms. The van der Waals surface area contributed by atoms with Gasteiger partial charge in [-0.3, -0.25) is 9.59 Å². The van der Waals surface area contributed by atoms with Crippen LogP contribution in [0.3, 0.4) is 0 Å². The molecule has 1 fully saturated rings. The van der Waals surface area contributed by atoms with Crippen LogP contribution in [0.2, 0.25) is 0 Å². The third-order valence-electron chi connectivity index (χ3n) is 5.08. The zero-order valence-corrected chi connectivity index (χ0v) is 19.4. The minimum atomic E-state index is -3.63. The summed E-state index contributed by atoms with van der Waals surface area (Å²) < 4.78 is 25.5. The van der Waals surface area contributed by atoms with E-state index in [1.165, 1.54) is 0 Å². The number of benzene rings is 1. The Bertz CT molecular complexity index is 933. The number of nitrogens with one attached hydrogen (secondary N) is 2. The fraction of sp³-hybridized carbons (Fsp3) is 0.550. The summed E-state index contributed by atoms with van der Waals surface area (Å²) in [6, 6.07) is 9.00. The van der Waals surface area contributed by atoms with Gasteiger partial charge in [0.05, 0.1) is 29.2 Å². The Hall–Kier alpha value is -1.92. The Balaban J connectivity index is 1.86. The number of hydrogen-bond donors (Lipinski definition) is 2. The van der Waals surface area contributed by atoms with Gasteiger partial charge < -0.3 is 10.6 Å². The molecule has 0 heterocycles. The summed E-state index contributed by atoms with van der Waals surface area (Å²) in [5, 5.41) is 14.5. The number of amides is 2. The molecule has 0 aromatic heterocycles. The molecule has 1 aromatic rings. The first-order chi connectivity index (χ1) is 13.3. The quantitative estimate of drug-likeness (QED) is 0.587. The number of sulfone groups is 1. The molecule has 0 saturated heterocycles. The Kier molecular flexibility index (Phi) is 6.80. The second kappa shape index (κ2) is 8.44. The SMILES string of the molecule is CC(C)(CNC(=O)[C@@H]1[C@H](C#N)C1(C)C)NC(=O)CS(=O)(=O)Cc1ccc(Br)cc1. The van der Waals surface area contributed by atoms with Crippen molar-refractivity contribution in [3.05, 3.63) is 34.3 Å². The van der Waals surface area contributed by atoms with Gasteiger partial charge in [-0.2, -0.15) is 5.26 Å². The first-order valence-electron chi connectivity index (χ1n) is 9.21. The van der Waals surface area contributed by atoms with E-state index in [1.807, 2.05) is 13.8 Å². The summed E-state index contributed by atoms with van der Waals surface area (Å²) in [6.45, 7) is 7.27. The van der Waals surface area contributed by atoms with E-state index in [-0.39, 0.29) is 35.5 Å². The van der Waals surface area contributed by atoms with Gasteiger partial charge in [-0.05, 0) is 37.0 Å². The molecule has 1 aliphatic carbocycles. The van der Waals surface area contributed by atoms with E-state index in [0.717, 1.165) is 4.47 Å². The highest BCUT2D eigenvalue weighted by Gasteiger charge is 2.62. The molecule has 0 spiro atoms. The highest BCUT2D eigenvalue weighted by atomic mass is 79.9. The normalized spacial score (nSPS) is 20.4. The molecule has 158 valence electrons. The van der Waals surface area contributed by atoms with Crippen LogP contribution in [0.1, 0.15) is 33.3 Å². The van der Waals surface area contributed by atoms with E-state index in [2.05, 4.69) is 32.6 Å². The molecule has 2 N–H and O–H groups in total. The largest absolute Gasteiger partial charge is 0.353 e. The lowest BCUT2D eigenvalue weighted by atomic mass is 10.1. The lowest BCUT2D eigenvalue weighted by Crippen LogP contribution is -2.53. The van der Waals surface area contributed by atoms with Crippen molar-refractivity contribution in [1.82, 2.24) is 10.6 Å². The zero-order chi connectivity index (χ0) is 22.0. The van der Waals surface area contributed by atoms with Crippen molar-refractivity contribution in [2.24, 2.45) is 17.3 Å². The van der Waals surface area contributed by atoms with Gasteiger partial charge in [-0.1, -0.05) is 41.9 Å². The third-order valence-corrected chi connectivity index (χ3v) is 7.09. The maximum Gasteiger partial charge on any atom is 0.235 e. The predicted molar refractivity (Wildman–Crippen MR) is 113 cm³/mol. The highest BCUT2D eigenvalue weighted by molar-refractivity contribution is 9.10. The van der Waals surface area contributed by atoms with Crippen LogP contribution in [0.5, 0.6) is 0 Å². The minimum absolute atomic E-state index is 0.134. The van der Waals surface area contributed by atoms with E-state index in [0.29, 0.717) is 5.56 Å². The van der Waals surface area contributed by atoms with Crippen molar-refractivity contribution >= 4 is 37.6 Å². The second-order valence-electron chi connectivity index (χ2n) is 8.71. The molecule has 29 heavy (non-hydrogen) atoms.